The molecule has 0 radical (unpaired) electrons. The van der Waals surface area contributed by atoms with E-state index < -0.39 is 13.4 Å². The first kappa shape index (κ1) is 20.1. The molecule has 0 saturated heterocycles. The molecule has 0 saturated carbocycles. The van der Waals surface area contributed by atoms with Crippen LogP contribution in [0.25, 0.3) is 0 Å². The first-order chi connectivity index (χ1) is 7.63. The highest BCUT2D eigenvalue weighted by atomic mass is 79.9. The molecule has 0 unspecified atom stereocenters. The van der Waals surface area contributed by atoms with Crippen molar-refractivity contribution >= 4 is 7.26 Å². The maximum Gasteiger partial charge on any atom is 0.344 e. The Balaban J connectivity index is 0. The molecule has 0 aliphatic carbocycles. The number of alkyl halides is 2. The maximum absolute atomic E-state index is 13.4. The van der Waals surface area contributed by atoms with E-state index in [2.05, 4.69) is 20.8 Å². The third-order valence-electron chi connectivity index (χ3n) is 3.29. The van der Waals surface area contributed by atoms with Crippen LogP contribution in [0.3, 0.4) is 0 Å². The van der Waals surface area contributed by atoms with Crippen LogP contribution in [0.5, 0.6) is 0 Å². The van der Waals surface area contributed by atoms with E-state index in [1.165, 1.54) is 0 Å². The minimum absolute atomic E-state index is 0. The van der Waals surface area contributed by atoms with Crippen LogP contribution in [0, 0.1) is 0 Å². The van der Waals surface area contributed by atoms with Crippen molar-refractivity contribution < 1.29 is 25.8 Å². The highest BCUT2D eigenvalue weighted by molar-refractivity contribution is 7.76. The predicted molar refractivity (Wildman–Crippen MR) is 72.2 cm³/mol. The van der Waals surface area contributed by atoms with Crippen molar-refractivity contribution in [2.24, 2.45) is 0 Å². The quantitative estimate of drug-likeness (QED) is 0.539. The highest BCUT2D eigenvalue weighted by Gasteiger charge is 2.45. The Labute approximate surface area is 117 Å². The van der Waals surface area contributed by atoms with Crippen LogP contribution < -0.4 is 17.0 Å². The molecule has 17 heavy (non-hydrogen) atoms. The molecule has 0 aliphatic heterocycles. The summed E-state index contributed by atoms with van der Waals surface area (Å²) in [5, 5.41) is 0. The van der Waals surface area contributed by atoms with Gasteiger partial charge in [0.25, 0.3) is 0 Å². The summed E-state index contributed by atoms with van der Waals surface area (Å²) in [4.78, 5) is 0. The minimum Gasteiger partial charge on any atom is -1.00 e. The SMILES string of the molecule is CCCC[P+](CCCC)(CCCC)C(F)F.[Br-]. The van der Waals surface area contributed by atoms with Crippen molar-refractivity contribution in [3.05, 3.63) is 0 Å². The third kappa shape index (κ3) is 7.72. The van der Waals surface area contributed by atoms with Crippen molar-refractivity contribution in [3.63, 3.8) is 0 Å². The van der Waals surface area contributed by atoms with Crippen LogP contribution in [-0.2, 0) is 0 Å². The summed E-state index contributed by atoms with van der Waals surface area (Å²) in [6.45, 7) is 6.29. The zero-order chi connectivity index (χ0) is 12.4. The largest absolute Gasteiger partial charge is 1.00 e. The molecule has 0 N–H and O–H groups in total. The van der Waals surface area contributed by atoms with Gasteiger partial charge in [0.1, 0.15) is 0 Å². The number of rotatable bonds is 10. The Morgan fingerprint density at radius 2 is 1.06 bits per heavy atom. The monoisotopic (exact) mass is 332 g/mol. The fourth-order valence-electron chi connectivity index (χ4n) is 2.05. The predicted octanol–water partition coefficient (Wildman–Crippen LogP) is 2.63. The smallest absolute Gasteiger partial charge is 0.344 e. The molecule has 0 aromatic carbocycles. The fourth-order valence-corrected chi connectivity index (χ4v) is 6.14. The molecule has 0 rings (SSSR count). The molecule has 0 amide bonds. The molecule has 0 aromatic heterocycles. The Hall–Kier alpha value is 0.770. The highest BCUT2D eigenvalue weighted by Crippen LogP contribution is 2.65. The molecule has 0 nitrogen and oxygen atoms in total. The second-order valence-electron chi connectivity index (χ2n) is 4.73. The van der Waals surface area contributed by atoms with Gasteiger partial charge in [-0.2, -0.15) is 8.78 Å². The Morgan fingerprint density at radius 1 is 0.765 bits per heavy atom. The maximum atomic E-state index is 13.4. The molecule has 0 atom stereocenters. The van der Waals surface area contributed by atoms with Gasteiger partial charge in [-0.1, -0.05) is 40.0 Å². The van der Waals surface area contributed by atoms with Gasteiger partial charge in [0.05, 0.1) is 25.7 Å². The lowest BCUT2D eigenvalue weighted by atomic mass is 10.4. The van der Waals surface area contributed by atoms with Gasteiger partial charge in [-0.25, -0.2) is 0 Å². The topological polar surface area (TPSA) is 0 Å². The van der Waals surface area contributed by atoms with Crippen LogP contribution in [0.2, 0.25) is 0 Å². The Kier molecular flexibility index (Phi) is 14.0. The van der Waals surface area contributed by atoms with E-state index >= 15 is 0 Å². The van der Waals surface area contributed by atoms with Crippen LogP contribution in [0.4, 0.5) is 8.78 Å². The van der Waals surface area contributed by atoms with Gasteiger partial charge in [-0.3, -0.25) is 0 Å². The summed E-state index contributed by atoms with van der Waals surface area (Å²) < 4.78 is 26.7. The van der Waals surface area contributed by atoms with Gasteiger partial charge < -0.3 is 17.0 Å². The zero-order valence-electron chi connectivity index (χ0n) is 11.5. The molecule has 0 bridgehead atoms. The van der Waals surface area contributed by atoms with Crippen molar-refractivity contribution in [2.75, 3.05) is 18.5 Å². The standard InChI is InChI=1S/C13H28F2P.BrH/c1-4-7-10-16(13(14)15,11-8-5-2)12-9-6-3;/h13H,4-12H2,1-3H3;1H/q+1;/p-1. The van der Waals surface area contributed by atoms with Crippen LogP contribution in [0.15, 0.2) is 0 Å². The lowest BCUT2D eigenvalue weighted by Gasteiger charge is -2.26. The van der Waals surface area contributed by atoms with Gasteiger partial charge >= 0.3 is 6.17 Å². The van der Waals surface area contributed by atoms with Gasteiger partial charge in [-0.15, -0.1) is 0 Å². The number of hydrogen-bond donors (Lipinski definition) is 0. The van der Waals surface area contributed by atoms with Crippen molar-refractivity contribution in [1.82, 2.24) is 0 Å². The summed E-state index contributed by atoms with van der Waals surface area (Å²) in [6, 6.07) is 0. The van der Waals surface area contributed by atoms with E-state index in [1.54, 1.807) is 0 Å². The van der Waals surface area contributed by atoms with Gasteiger partial charge in [0.15, 0.2) is 0 Å². The Bertz CT molecular complexity index is 144. The lowest BCUT2D eigenvalue weighted by molar-refractivity contribution is -0.00000572. The average molecular weight is 333 g/mol. The first-order valence-corrected chi connectivity index (χ1v) is 9.18. The first-order valence-electron chi connectivity index (χ1n) is 6.76. The Morgan fingerprint density at radius 3 is 1.24 bits per heavy atom. The molecule has 0 aromatic rings. The van der Waals surface area contributed by atoms with Gasteiger partial charge in [0, 0.05) is 0 Å². The minimum atomic E-state index is -2.03. The van der Waals surface area contributed by atoms with Crippen molar-refractivity contribution in [2.45, 2.75) is 65.5 Å². The second kappa shape index (κ2) is 11.8. The molecule has 0 spiro atoms. The lowest BCUT2D eigenvalue weighted by Crippen LogP contribution is -3.00. The molecule has 0 fully saturated rings. The zero-order valence-corrected chi connectivity index (χ0v) is 14.0. The molecular weight excluding hydrogens is 305 g/mol. The summed E-state index contributed by atoms with van der Waals surface area (Å²) in [5.41, 5.74) is 0. The van der Waals surface area contributed by atoms with E-state index in [4.69, 9.17) is 0 Å². The average Bonchev–Trinajstić information content (AvgIpc) is 2.28. The van der Waals surface area contributed by atoms with Crippen LogP contribution in [0.1, 0.15) is 59.3 Å². The van der Waals surface area contributed by atoms with Crippen molar-refractivity contribution in [3.8, 4) is 0 Å². The normalized spacial score (nSPS) is 11.6. The number of halogens is 3. The van der Waals surface area contributed by atoms with E-state index in [0.29, 0.717) is 0 Å². The molecule has 4 heteroatoms. The van der Waals surface area contributed by atoms with Crippen LogP contribution >= 0.6 is 7.26 Å². The van der Waals surface area contributed by atoms with E-state index in [1.807, 2.05) is 0 Å². The second-order valence-corrected chi connectivity index (χ2v) is 8.90. The molecule has 0 heterocycles. The summed E-state index contributed by atoms with van der Waals surface area (Å²) in [6.07, 6.45) is 6.55. The van der Waals surface area contributed by atoms with Crippen molar-refractivity contribution in [1.29, 1.82) is 0 Å². The molecule has 0 aliphatic rings. The van der Waals surface area contributed by atoms with E-state index in [0.717, 1.165) is 57.0 Å². The van der Waals surface area contributed by atoms with E-state index in [9.17, 15) is 8.78 Å². The number of unbranched alkanes of at least 4 members (excludes halogenated alkanes) is 3. The summed E-state index contributed by atoms with van der Waals surface area (Å²) >= 11 is 0. The molecular formula is C13H28BrF2P. The fraction of sp³-hybridized carbons (Fsp3) is 1.00. The summed E-state index contributed by atoms with van der Waals surface area (Å²) in [7, 11) is -1.95. The van der Waals surface area contributed by atoms with Gasteiger partial charge in [0.2, 0.25) is 0 Å². The van der Waals surface area contributed by atoms with Gasteiger partial charge in [-0.05, 0) is 19.3 Å². The van der Waals surface area contributed by atoms with Crippen LogP contribution in [-0.4, -0.2) is 24.7 Å². The summed E-state index contributed by atoms with van der Waals surface area (Å²) in [5.74, 6) is 0. The molecule has 106 valence electrons. The third-order valence-corrected chi connectivity index (χ3v) is 7.73. The van der Waals surface area contributed by atoms with E-state index in [-0.39, 0.29) is 17.0 Å². The number of hydrogen-bond acceptors (Lipinski definition) is 0.